The van der Waals surface area contributed by atoms with Gasteiger partial charge in [-0.2, -0.15) is 10.2 Å². The van der Waals surface area contributed by atoms with Gasteiger partial charge in [0.1, 0.15) is 5.82 Å². The Morgan fingerprint density at radius 3 is 2.62 bits per heavy atom. The summed E-state index contributed by atoms with van der Waals surface area (Å²) in [6.45, 7) is 0. The number of carbonyl (C=O) groups excluding carboxylic acids is 1. The molecule has 0 atom stereocenters. The van der Waals surface area contributed by atoms with Gasteiger partial charge < -0.3 is 11.5 Å². The molecule has 2 heterocycles. The Morgan fingerprint density at radius 2 is 1.92 bits per heavy atom. The molecule has 0 saturated heterocycles. The minimum absolute atomic E-state index is 0.275. The monoisotopic (exact) mass is 319 g/mol. The number of aromatic nitrogens is 3. The number of pyridine rings is 1. The molecule has 0 radical (unpaired) electrons. The van der Waals surface area contributed by atoms with Crippen LogP contribution < -0.4 is 11.5 Å². The van der Waals surface area contributed by atoms with Gasteiger partial charge in [-0.15, -0.1) is 0 Å². The van der Waals surface area contributed by atoms with E-state index in [1.807, 2.05) is 42.5 Å². The van der Waals surface area contributed by atoms with Gasteiger partial charge in [0.15, 0.2) is 0 Å². The average Bonchev–Trinajstić information content (AvgIpc) is 2.60. The molecule has 6 nitrogen and oxygen atoms in total. The lowest BCUT2D eigenvalue weighted by atomic mass is 9.94. The normalized spacial score (nSPS) is 10.5. The summed E-state index contributed by atoms with van der Waals surface area (Å²) < 4.78 is 0. The standard InChI is InChI=1S/C18H17N5O/c19-17-11-13(7-9-21-17)15-5-3-14(16-2-1-8-22-23-16)10-12(15)4-6-18(20)24/h1-3,5,7-11H,4,6H2,(H2,19,21)(H2,20,24). The third kappa shape index (κ3) is 3.55. The number of nitrogen functional groups attached to an aromatic ring is 1. The zero-order chi connectivity index (χ0) is 16.9. The van der Waals surface area contributed by atoms with Crippen LogP contribution in [0.4, 0.5) is 5.82 Å². The highest BCUT2D eigenvalue weighted by atomic mass is 16.1. The van der Waals surface area contributed by atoms with Crippen LogP contribution in [-0.2, 0) is 11.2 Å². The average molecular weight is 319 g/mol. The van der Waals surface area contributed by atoms with Crippen molar-refractivity contribution in [1.82, 2.24) is 15.2 Å². The van der Waals surface area contributed by atoms with Crippen molar-refractivity contribution in [3.63, 3.8) is 0 Å². The number of anilines is 1. The Kier molecular flexibility index (Phi) is 4.47. The summed E-state index contributed by atoms with van der Waals surface area (Å²) in [6, 6.07) is 13.4. The van der Waals surface area contributed by atoms with Gasteiger partial charge in [0.05, 0.1) is 5.69 Å². The summed E-state index contributed by atoms with van der Waals surface area (Å²) in [6.07, 6.45) is 4.11. The molecular formula is C18H17N5O. The molecule has 0 aliphatic heterocycles. The molecule has 120 valence electrons. The van der Waals surface area contributed by atoms with Crippen molar-refractivity contribution in [3.05, 3.63) is 60.4 Å². The van der Waals surface area contributed by atoms with E-state index in [1.165, 1.54) is 0 Å². The Labute approximate surface area is 139 Å². The van der Waals surface area contributed by atoms with Crippen LogP contribution in [0.25, 0.3) is 22.4 Å². The van der Waals surface area contributed by atoms with Gasteiger partial charge in [-0.25, -0.2) is 4.98 Å². The third-order valence-electron chi connectivity index (χ3n) is 3.71. The second kappa shape index (κ2) is 6.87. The number of nitrogens with zero attached hydrogens (tertiary/aromatic N) is 3. The van der Waals surface area contributed by atoms with E-state index in [9.17, 15) is 4.79 Å². The van der Waals surface area contributed by atoms with E-state index in [2.05, 4.69) is 15.2 Å². The Morgan fingerprint density at radius 1 is 1.04 bits per heavy atom. The topological polar surface area (TPSA) is 108 Å². The van der Waals surface area contributed by atoms with Crippen molar-refractivity contribution in [2.75, 3.05) is 5.73 Å². The SMILES string of the molecule is NC(=O)CCc1cc(-c2cccnn2)ccc1-c1ccnc(N)c1. The minimum atomic E-state index is -0.333. The van der Waals surface area contributed by atoms with Crippen LogP contribution >= 0.6 is 0 Å². The predicted octanol–water partition coefficient (Wildman–Crippen LogP) is 2.21. The number of hydrogen-bond donors (Lipinski definition) is 2. The van der Waals surface area contributed by atoms with E-state index >= 15 is 0 Å². The van der Waals surface area contributed by atoms with Gasteiger partial charge in [-0.1, -0.05) is 12.1 Å². The maximum absolute atomic E-state index is 11.2. The number of nitrogens with two attached hydrogens (primary N) is 2. The van der Waals surface area contributed by atoms with Crippen molar-refractivity contribution < 1.29 is 4.79 Å². The molecule has 1 aromatic carbocycles. The van der Waals surface area contributed by atoms with Crippen molar-refractivity contribution >= 4 is 11.7 Å². The zero-order valence-corrected chi connectivity index (χ0v) is 13.0. The number of aryl methyl sites for hydroxylation is 1. The van der Waals surface area contributed by atoms with Crippen molar-refractivity contribution in [1.29, 1.82) is 0 Å². The highest BCUT2D eigenvalue weighted by Crippen LogP contribution is 2.29. The molecular weight excluding hydrogens is 302 g/mol. The van der Waals surface area contributed by atoms with E-state index in [4.69, 9.17) is 11.5 Å². The summed E-state index contributed by atoms with van der Waals surface area (Å²) in [5, 5.41) is 8.04. The van der Waals surface area contributed by atoms with E-state index in [0.717, 1.165) is 27.9 Å². The Bertz CT molecular complexity index is 864. The van der Waals surface area contributed by atoms with Gasteiger partial charge >= 0.3 is 0 Å². The van der Waals surface area contributed by atoms with Crippen LogP contribution in [0.1, 0.15) is 12.0 Å². The molecule has 24 heavy (non-hydrogen) atoms. The lowest BCUT2D eigenvalue weighted by molar-refractivity contribution is -0.117. The van der Waals surface area contributed by atoms with Crippen molar-refractivity contribution in [2.45, 2.75) is 12.8 Å². The second-order valence-electron chi connectivity index (χ2n) is 5.42. The number of benzene rings is 1. The van der Waals surface area contributed by atoms with Crippen LogP contribution in [0.5, 0.6) is 0 Å². The summed E-state index contributed by atoms with van der Waals surface area (Å²) in [7, 11) is 0. The summed E-state index contributed by atoms with van der Waals surface area (Å²) in [4.78, 5) is 15.2. The van der Waals surface area contributed by atoms with Crippen LogP contribution in [0.3, 0.4) is 0 Å². The summed E-state index contributed by atoms with van der Waals surface area (Å²) >= 11 is 0. The highest BCUT2D eigenvalue weighted by Gasteiger charge is 2.10. The second-order valence-corrected chi connectivity index (χ2v) is 5.42. The Balaban J connectivity index is 2.06. The number of amides is 1. The first kappa shape index (κ1) is 15.6. The Hall–Kier alpha value is -3.28. The minimum Gasteiger partial charge on any atom is -0.384 e. The first-order valence-electron chi connectivity index (χ1n) is 7.54. The fourth-order valence-corrected chi connectivity index (χ4v) is 2.57. The lowest BCUT2D eigenvalue weighted by Crippen LogP contribution is -2.11. The van der Waals surface area contributed by atoms with E-state index in [-0.39, 0.29) is 12.3 Å². The first-order valence-corrected chi connectivity index (χ1v) is 7.54. The van der Waals surface area contributed by atoms with Crippen molar-refractivity contribution in [3.8, 4) is 22.4 Å². The fraction of sp³-hybridized carbons (Fsp3) is 0.111. The van der Waals surface area contributed by atoms with Gasteiger partial charge in [-0.05, 0) is 53.4 Å². The highest BCUT2D eigenvalue weighted by molar-refractivity contribution is 5.77. The van der Waals surface area contributed by atoms with E-state index in [0.29, 0.717) is 12.2 Å². The quantitative estimate of drug-likeness (QED) is 0.749. The lowest BCUT2D eigenvalue weighted by Gasteiger charge is -2.12. The summed E-state index contributed by atoms with van der Waals surface area (Å²) in [5.74, 6) is 0.117. The molecule has 0 aliphatic rings. The maximum atomic E-state index is 11.2. The molecule has 0 spiro atoms. The van der Waals surface area contributed by atoms with Crippen LogP contribution in [0, 0.1) is 0 Å². The zero-order valence-electron chi connectivity index (χ0n) is 13.0. The molecule has 3 rings (SSSR count). The molecule has 0 bridgehead atoms. The molecule has 3 aromatic rings. The number of hydrogen-bond acceptors (Lipinski definition) is 5. The van der Waals surface area contributed by atoms with Crippen molar-refractivity contribution in [2.24, 2.45) is 5.73 Å². The first-order chi connectivity index (χ1) is 11.6. The van der Waals surface area contributed by atoms with Crippen LogP contribution in [0.15, 0.2) is 54.9 Å². The van der Waals surface area contributed by atoms with Crippen LogP contribution in [-0.4, -0.2) is 21.1 Å². The maximum Gasteiger partial charge on any atom is 0.217 e. The molecule has 2 aromatic heterocycles. The fourth-order valence-electron chi connectivity index (χ4n) is 2.57. The van der Waals surface area contributed by atoms with E-state index < -0.39 is 0 Å². The molecule has 0 unspecified atom stereocenters. The number of primary amides is 1. The largest absolute Gasteiger partial charge is 0.384 e. The van der Waals surface area contributed by atoms with Gasteiger partial charge in [0.25, 0.3) is 0 Å². The van der Waals surface area contributed by atoms with Crippen LogP contribution in [0.2, 0.25) is 0 Å². The van der Waals surface area contributed by atoms with Gasteiger partial charge in [-0.3, -0.25) is 4.79 Å². The molecule has 6 heteroatoms. The number of carbonyl (C=O) groups is 1. The molecule has 4 N–H and O–H groups in total. The molecule has 1 amide bonds. The predicted molar refractivity (Wildman–Crippen MR) is 92.6 cm³/mol. The van der Waals surface area contributed by atoms with Gasteiger partial charge in [0, 0.05) is 24.4 Å². The molecule has 0 fully saturated rings. The summed E-state index contributed by atoms with van der Waals surface area (Å²) in [5.41, 5.74) is 15.8. The smallest absolute Gasteiger partial charge is 0.217 e. The molecule has 0 saturated carbocycles. The molecule has 0 aliphatic carbocycles. The van der Waals surface area contributed by atoms with Gasteiger partial charge in [0.2, 0.25) is 5.91 Å². The van der Waals surface area contributed by atoms with E-state index in [1.54, 1.807) is 12.4 Å². The third-order valence-corrected chi connectivity index (χ3v) is 3.71. The number of rotatable bonds is 5.